The molecule has 0 radical (unpaired) electrons. The number of hydrogen-bond acceptors (Lipinski definition) is 4. The van der Waals surface area contributed by atoms with E-state index in [1.54, 1.807) is 36.4 Å². The summed E-state index contributed by atoms with van der Waals surface area (Å²) in [5.74, 6) is 0.289. The number of primary amides is 1. The molecule has 4 rings (SSSR count). The van der Waals surface area contributed by atoms with Crippen molar-refractivity contribution in [2.45, 2.75) is 19.3 Å². The number of nitrogens with zero attached hydrogens (tertiary/aromatic N) is 2. The summed E-state index contributed by atoms with van der Waals surface area (Å²) in [6, 6.07) is 21.3. The Hall–Kier alpha value is -3.67. The van der Waals surface area contributed by atoms with Crippen LogP contribution in [0.1, 0.15) is 28.9 Å². The van der Waals surface area contributed by atoms with Gasteiger partial charge in [0.15, 0.2) is 0 Å². The summed E-state index contributed by atoms with van der Waals surface area (Å²) in [5, 5.41) is 0. The van der Waals surface area contributed by atoms with Gasteiger partial charge in [-0.1, -0.05) is 42.5 Å². The van der Waals surface area contributed by atoms with E-state index in [4.69, 9.17) is 10.5 Å². The van der Waals surface area contributed by atoms with Crippen molar-refractivity contribution in [3.8, 4) is 16.9 Å². The molecule has 1 aromatic heterocycles. The molecule has 6 nitrogen and oxygen atoms in total. The van der Waals surface area contributed by atoms with Gasteiger partial charge in [-0.05, 0) is 60.2 Å². The van der Waals surface area contributed by atoms with Gasteiger partial charge in [-0.15, -0.1) is 0 Å². The van der Waals surface area contributed by atoms with Crippen LogP contribution in [0.2, 0.25) is 0 Å². The number of amides is 2. The second-order valence-electron chi connectivity index (χ2n) is 8.29. The average molecular weight is 430 g/mol. The predicted molar refractivity (Wildman–Crippen MR) is 123 cm³/mol. The number of benzene rings is 2. The number of ether oxygens (including phenoxy) is 1. The molecule has 6 heteroatoms. The maximum Gasteiger partial charge on any atom is 0.272 e. The van der Waals surface area contributed by atoms with Crippen molar-refractivity contribution in [3.63, 3.8) is 0 Å². The molecule has 0 bridgehead atoms. The summed E-state index contributed by atoms with van der Waals surface area (Å²) in [7, 11) is 1.65. The second kappa shape index (κ2) is 9.22. The number of likely N-dealkylation sites (tertiary alicyclic amines) is 1. The lowest BCUT2D eigenvalue weighted by atomic mass is 9.74. The van der Waals surface area contributed by atoms with Crippen molar-refractivity contribution < 1.29 is 14.3 Å². The summed E-state index contributed by atoms with van der Waals surface area (Å²) >= 11 is 0. The fourth-order valence-electron chi connectivity index (χ4n) is 4.38. The maximum atomic E-state index is 12.9. The molecule has 1 aliphatic rings. The predicted octanol–water partition coefficient (Wildman–Crippen LogP) is 3.71. The largest absolute Gasteiger partial charge is 0.497 e. The van der Waals surface area contributed by atoms with Gasteiger partial charge in [-0.2, -0.15) is 0 Å². The van der Waals surface area contributed by atoms with E-state index in [1.165, 1.54) is 0 Å². The molecule has 0 unspecified atom stereocenters. The molecule has 2 heterocycles. The summed E-state index contributed by atoms with van der Waals surface area (Å²) in [6.45, 7) is 0.902. The summed E-state index contributed by atoms with van der Waals surface area (Å²) in [5.41, 5.74) is 8.69. The minimum atomic E-state index is -0.787. The molecule has 2 amide bonds. The highest BCUT2D eigenvalue weighted by Gasteiger charge is 2.42. The number of methoxy groups -OCH3 is 1. The van der Waals surface area contributed by atoms with Crippen molar-refractivity contribution >= 4 is 11.8 Å². The molecule has 0 aliphatic carbocycles. The zero-order valence-electron chi connectivity index (χ0n) is 18.2. The van der Waals surface area contributed by atoms with Crippen LogP contribution in [-0.4, -0.2) is 41.9 Å². The molecule has 1 saturated heterocycles. The highest BCUT2D eigenvalue weighted by Crippen LogP contribution is 2.35. The Bertz CT molecular complexity index is 1080. The lowest BCUT2D eigenvalue weighted by Crippen LogP contribution is -2.53. The van der Waals surface area contributed by atoms with Gasteiger partial charge >= 0.3 is 0 Å². The highest BCUT2D eigenvalue weighted by atomic mass is 16.5. The molecular formula is C26H27N3O3. The highest BCUT2D eigenvalue weighted by molar-refractivity contribution is 5.93. The van der Waals surface area contributed by atoms with Gasteiger partial charge in [-0.25, -0.2) is 0 Å². The van der Waals surface area contributed by atoms with Gasteiger partial charge < -0.3 is 15.4 Å². The van der Waals surface area contributed by atoms with E-state index >= 15 is 0 Å². The number of piperidine rings is 1. The Kier molecular flexibility index (Phi) is 6.21. The van der Waals surface area contributed by atoms with Crippen LogP contribution in [0.4, 0.5) is 0 Å². The van der Waals surface area contributed by atoms with E-state index in [0.717, 1.165) is 28.9 Å². The Labute approximate surface area is 188 Å². The van der Waals surface area contributed by atoms with Gasteiger partial charge in [-0.3, -0.25) is 14.6 Å². The molecule has 0 saturated carbocycles. The monoisotopic (exact) mass is 429 g/mol. The Morgan fingerprint density at radius 1 is 1.03 bits per heavy atom. The van der Waals surface area contributed by atoms with E-state index < -0.39 is 5.41 Å². The van der Waals surface area contributed by atoms with E-state index in [1.807, 2.05) is 48.5 Å². The van der Waals surface area contributed by atoms with Crippen LogP contribution in [0.15, 0.2) is 72.9 Å². The zero-order valence-corrected chi connectivity index (χ0v) is 18.2. The third-order valence-corrected chi connectivity index (χ3v) is 6.19. The molecule has 1 aliphatic heterocycles. The van der Waals surface area contributed by atoms with E-state index in [0.29, 0.717) is 31.6 Å². The Morgan fingerprint density at radius 3 is 2.31 bits per heavy atom. The zero-order chi connectivity index (χ0) is 22.6. The molecule has 2 N–H and O–H groups in total. The lowest BCUT2D eigenvalue weighted by molar-refractivity contribution is -0.130. The third kappa shape index (κ3) is 4.49. The van der Waals surface area contributed by atoms with Gasteiger partial charge in [0.2, 0.25) is 5.91 Å². The summed E-state index contributed by atoms with van der Waals surface area (Å²) in [6.07, 6.45) is 3.49. The number of rotatable bonds is 6. The fourth-order valence-corrected chi connectivity index (χ4v) is 4.38. The number of carbonyl (C=O) groups excluding carboxylic acids is 2. The average Bonchev–Trinajstić information content (AvgIpc) is 2.85. The Morgan fingerprint density at radius 2 is 1.72 bits per heavy atom. The second-order valence-corrected chi connectivity index (χ2v) is 8.29. The van der Waals surface area contributed by atoms with Crippen molar-refractivity contribution in [3.05, 3.63) is 84.2 Å². The summed E-state index contributed by atoms with van der Waals surface area (Å²) < 4.78 is 5.22. The standard InChI is InChI=1S/C26H27N3O3/c1-32-22-12-10-21(11-13-22)20-8-6-19(7-9-20)17-26(25(27)31)14-4-16-29(18-26)24(30)23-5-2-3-15-28-23/h2-3,5-13,15H,4,14,16-18H2,1H3,(H2,27,31)/t26-/m1/s1. The van der Waals surface area contributed by atoms with Crippen LogP contribution in [-0.2, 0) is 11.2 Å². The molecular weight excluding hydrogens is 402 g/mol. The first-order valence-corrected chi connectivity index (χ1v) is 10.7. The van der Waals surface area contributed by atoms with Crippen LogP contribution >= 0.6 is 0 Å². The topological polar surface area (TPSA) is 85.5 Å². The van der Waals surface area contributed by atoms with Crippen LogP contribution in [0, 0.1) is 5.41 Å². The van der Waals surface area contributed by atoms with E-state index in [-0.39, 0.29) is 11.8 Å². The number of aromatic nitrogens is 1. The van der Waals surface area contributed by atoms with Gasteiger partial charge in [0, 0.05) is 19.3 Å². The van der Waals surface area contributed by atoms with E-state index in [9.17, 15) is 9.59 Å². The lowest BCUT2D eigenvalue weighted by Gasteiger charge is -2.40. The number of nitrogens with two attached hydrogens (primary N) is 1. The van der Waals surface area contributed by atoms with Gasteiger partial charge in [0.25, 0.3) is 5.91 Å². The molecule has 2 aromatic carbocycles. The van der Waals surface area contributed by atoms with Crippen LogP contribution in [0.25, 0.3) is 11.1 Å². The van der Waals surface area contributed by atoms with Gasteiger partial charge in [0.05, 0.1) is 12.5 Å². The normalized spacial score (nSPS) is 18.2. The van der Waals surface area contributed by atoms with Gasteiger partial charge in [0.1, 0.15) is 11.4 Å². The minimum Gasteiger partial charge on any atom is -0.497 e. The fraction of sp³-hybridized carbons (Fsp3) is 0.269. The third-order valence-electron chi connectivity index (χ3n) is 6.19. The molecule has 164 valence electrons. The number of pyridine rings is 1. The Balaban J connectivity index is 1.52. The van der Waals surface area contributed by atoms with Crippen molar-refractivity contribution in [1.29, 1.82) is 0 Å². The maximum absolute atomic E-state index is 12.9. The molecule has 3 aromatic rings. The number of carbonyl (C=O) groups is 2. The molecule has 0 spiro atoms. The number of hydrogen-bond donors (Lipinski definition) is 1. The first kappa shape index (κ1) is 21.6. The SMILES string of the molecule is COc1ccc(-c2ccc(C[C@]3(C(N)=O)CCCN(C(=O)c4ccccn4)C3)cc2)cc1. The molecule has 32 heavy (non-hydrogen) atoms. The first-order valence-electron chi connectivity index (χ1n) is 10.7. The van der Waals surface area contributed by atoms with E-state index in [2.05, 4.69) is 4.98 Å². The minimum absolute atomic E-state index is 0.161. The summed E-state index contributed by atoms with van der Waals surface area (Å²) in [4.78, 5) is 31.4. The first-order chi connectivity index (χ1) is 15.5. The molecule has 1 atom stereocenters. The van der Waals surface area contributed by atoms with Crippen LogP contribution in [0.5, 0.6) is 5.75 Å². The van der Waals surface area contributed by atoms with Crippen LogP contribution < -0.4 is 10.5 Å². The van der Waals surface area contributed by atoms with Crippen molar-refractivity contribution in [2.24, 2.45) is 11.1 Å². The molecule has 1 fully saturated rings. The van der Waals surface area contributed by atoms with Crippen LogP contribution in [0.3, 0.4) is 0 Å². The smallest absolute Gasteiger partial charge is 0.272 e. The quantitative estimate of drug-likeness (QED) is 0.647. The van der Waals surface area contributed by atoms with Crippen molar-refractivity contribution in [1.82, 2.24) is 9.88 Å². The van der Waals surface area contributed by atoms with Crippen molar-refractivity contribution in [2.75, 3.05) is 20.2 Å².